The molecule has 1 aromatic heterocycles. The van der Waals surface area contributed by atoms with Crippen molar-refractivity contribution in [2.24, 2.45) is 11.3 Å². The molecule has 1 spiro atoms. The number of aryl methyl sites for hydroxylation is 1. The van der Waals surface area contributed by atoms with Crippen molar-refractivity contribution in [2.75, 3.05) is 52.5 Å². The van der Waals surface area contributed by atoms with Crippen LogP contribution in [0.1, 0.15) is 76.1 Å². The monoisotopic (exact) mass is 579 g/mol. The van der Waals surface area contributed by atoms with E-state index in [1.54, 1.807) is 34.1 Å². The molecular formula is C31H41N5O6. The van der Waals surface area contributed by atoms with E-state index in [2.05, 4.69) is 5.32 Å². The van der Waals surface area contributed by atoms with E-state index in [-0.39, 0.29) is 35.7 Å². The third-order valence-electron chi connectivity index (χ3n) is 8.75. The smallest absolute Gasteiger partial charge is 0.338 e. The molecule has 2 saturated heterocycles. The van der Waals surface area contributed by atoms with Gasteiger partial charge in [0.25, 0.3) is 11.8 Å². The summed E-state index contributed by atoms with van der Waals surface area (Å²) in [6.07, 6.45) is 3.20. The summed E-state index contributed by atoms with van der Waals surface area (Å²) in [7, 11) is 0. The highest BCUT2D eigenvalue weighted by Gasteiger charge is 2.39. The Labute approximate surface area is 246 Å². The van der Waals surface area contributed by atoms with Crippen molar-refractivity contribution in [2.45, 2.75) is 53.0 Å². The number of carbonyl (C=O) groups is 4. The number of nitrogens with one attached hydrogen (secondary N) is 1. The van der Waals surface area contributed by atoms with Crippen molar-refractivity contribution < 1.29 is 28.7 Å². The molecule has 2 fully saturated rings. The molecule has 3 aliphatic rings. The first kappa shape index (κ1) is 29.8. The molecule has 0 unspecified atom stereocenters. The maximum Gasteiger partial charge on any atom is 0.338 e. The van der Waals surface area contributed by atoms with Gasteiger partial charge in [-0.1, -0.05) is 19.9 Å². The number of fused-ring (bicyclic) bond motifs is 1. The van der Waals surface area contributed by atoms with Crippen molar-refractivity contribution in [1.82, 2.24) is 24.9 Å². The molecule has 1 atom stereocenters. The van der Waals surface area contributed by atoms with Crippen LogP contribution in [0.3, 0.4) is 0 Å². The number of hydrogen-bond acceptors (Lipinski definition) is 7. The van der Waals surface area contributed by atoms with Gasteiger partial charge in [-0.3, -0.25) is 19.1 Å². The van der Waals surface area contributed by atoms with Gasteiger partial charge >= 0.3 is 5.97 Å². The molecule has 5 rings (SSSR count). The van der Waals surface area contributed by atoms with Crippen LogP contribution >= 0.6 is 0 Å². The van der Waals surface area contributed by atoms with Gasteiger partial charge in [0, 0.05) is 70.9 Å². The number of amides is 3. The average molecular weight is 580 g/mol. The number of aromatic nitrogens is 2. The number of ether oxygens (including phenoxy) is 2. The van der Waals surface area contributed by atoms with Crippen LogP contribution in [0.2, 0.25) is 0 Å². The minimum Gasteiger partial charge on any atom is -0.462 e. The highest BCUT2D eigenvalue weighted by molar-refractivity contribution is 5.98. The number of hydrogen-bond donors (Lipinski definition) is 1. The van der Waals surface area contributed by atoms with Gasteiger partial charge < -0.3 is 24.6 Å². The maximum atomic E-state index is 13.1. The Morgan fingerprint density at radius 2 is 1.79 bits per heavy atom. The molecule has 0 saturated carbocycles. The first-order valence-electron chi connectivity index (χ1n) is 15.0. The summed E-state index contributed by atoms with van der Waals surface area (Å²) in [5.41, 5.74) is 3.13. The zero-order valence-corrected chi connectivity index (χ0v) is 24.8. The molecule has 4 heterocycles. The largest absolute Gasteiger partial charge is 0.462 e. The molecule has 42 heavy (non-hydrogen) atoms. The van der Waals surface area contributed by atoms with E-state index in [1.165, 1.54) is 6.92 Å². The Balaban J connectivity index is 1.22. The van der Waals surface area contributed by atoms with E-state index >= 15 is 0 Å². The number of esters is 1. The van der Waals surface area contributed by atoms with Gasteiger partial charge in [0.05, 0.1) is 29.1 Å². The predicted molar refractivity (Wildman–Crippen MR) is 154 cm³/mol. The first-order chi connectivity index (χ1) is 20.2. The Bertz CT molecular complexity index is 1340. The van der Waals surface area contributed by atoms with E-state index in [4.69, 9.17) is 14.6 Å². The molecule has 11 heteroatoms. The van der Waals surface area contributed by atoms with Crippen molar-refractivity contribution in [3.05, 3.63) is 52.3 Å². The third-order valence-corrected chi connectivity index (χ3v) is 8.75. The van der Waals surface area contributed by atoms with Gasteiger partial charge in [0.1, 0.15) is 0 Å². The molecule has 11 nitrogen and oxygen atoms in total. The molecule has 1 aromatic carbocycles. The van der Waals surface area contributed by atoms with Gasteiger partial charge in [-0.15, -0.1) is 0 Å². The van der Waals surface area contributed by atoms with Crippen molar-refractivity contribution >= 4 is 23.7 Å². The van der Waals surface area contributed by atoms with E-state index in [9.17, 15) is 19.2 Å². The summed E-state index contributed by atoms with van der Waals surface area (Å²) in [6.45, 7) is 10.1. The van der Waals surface area contributed by atoms with Crippen molar-refractivity contribution in [3.63, 3.8) is 0 Å². The Morgan fingerprint density at radius 1 is 1.10 bits per heavy atom. The minimum absolute atomic E-state index is 0.00329. The van der Waals surface area contributed by atoms with Crippen molar-refractivity contribution in [1.29, 1.82) is 0 Å². The van der Waals surface area contributed by atoms with Gasteiger partial charge in [0.15, 0.2) is 0 Å². The predicted octanol–water partition coefficient (Wildman–Crippen LogP) is 2.33. The minimum atomic E-state index is -0.494. The van der Waals surface area contributed by atoms with Crippen LogP contribution in [0.4, 0.5) is 0 Å². The Morgan fingerprint density at radius 3 is 2.48 bits per heavy atom. The molecule has 0 aliphatic carbocycles. The fourth-order valence-electron chi connectivity index (χ4n) is 6.16. The second kappa shape index (κ2) is 12.6. The van der Waals surface area contributed by atoms with Gasteiger partial charge in [-0.05, 0) is 49.3 Å². The molecule has 2 aromatic rings. The highest BCUT2D eigenvalue weighted by atomic mass is 16.5. The quantitative estimate of drug-likeness (QED) is 0.500. The van der Waals surface area contributed by atoms with E-state index in [1.807, 2.05) is 18.5 Å². The summed E-state index contributed by atoms with van der Waals surface area (Å²) in [5.74, 6) is -0.776. The zero-order chi connectivity index (χ0) is 29.9. The summed E-state index contributed by atoms with van der Waals surface area (Å²) < 4.78 is 13.2. The van der Waals surface area contributed by atoms with Gasteiger partial charge in [-0.2, -0.15) is 5.10 Å². The average Bonchev–Trinajstić information content (AvgIpc) is 3.27. The molecule has 226 valence electrons. The lowest BCUT2D eigenvalue weighted by Crippen LogP contribution is -2.50. The Hall–Kier alpha value is -3.73. The topological polar surface area (TPSA) is 123 Å². The SMILES string of the molecule is CCc1nn(C[C@@H](C)COC(=O)c2cccc(C(=O)N3CCN(C(C)=O)CC3)c2)c2c1C(=O)NCC1(CCOCC1)C2. The highest BCUT2D eigenvalue weighted by Crippen LogP contribution is 2.37. The maximum absolute atomic E-state index is 13.1. The fourth-order valence-corrected chi connectivity index (χ4v) is 6.16. The number of nitrogens with zero attached hydrogens (tertiary/aromatic N) is 4. The van der Waals surface area contributed by atoms with Crippen LogP contribution in [0.5, 0.6) is 0 Å². The second-order valence-electron chi connectivity index (χ2n) is 11.9. The van der Waals surface area contributed by atoms with Gasteiger partial charge in [0.2, 0.25) is 5.91 Å². The van der Waals surface area contributed by atoms with E-state index < -0.39 is 5.97 Å². The second-order valence-corrected chi connectivity index (χ2v) is 11.9. The van der Waals surface area contributed by atoms with Crippen LogP contribution in [0.15, 0.2) is 24.3 Å². The van der Waals surface area contributed by atoms with Crippen LogP contribution in [0.25, 0.3) is 0 Å². The summed E-state index contributed by atoms with van der Waals surface area (Å²) in [5, 5.41) is 7.96. The lowest BCUT2D eigenvalue weighted by Gasteiger charge is -2.36. The van der Waals surface area contributed by atoms with Crippen LogP contribution < -0.4 is 5.32 Å². The normalized spacial score (nSPS) is 19.1. The molecule has 1 N–H and O–H groups in total. The third kappa shape index (κ3) is 6.35. The Kier molecular flexibility index (Phi) is 8.96. The molecule has 3 amide bonds. The summed E-state index contributed by atoms with van der Waals surface area (Å²) >= 11 is 0. The molecule has 0 radical (unpaired) electrons. The lowest BCUT2D eigenvalue weighted by molar-refractivity contribution is -0.130. The fraction of sp³-hybridized carbons (Fsp3) is 0.581. The zero-order valence-electron chi connectivity index (χ0n) is 24.8. The van der Waals surface area contributed by atoms with Crippen molar-refractivity contribution in [3.8, 4) is 0 Å². The van der Waals surface area contributed by atoms with Crippen LogP contribution in [0, 0.1) is 11.3 Å². The lowest BCUT2D eigenvalue weighted by atomic mass is 9.76. The van der Waals surface area contributed by atoms with Crippen LogP contribution in [-0.4, -0.2) is 95.8 Å². The molecular weight excluding hydrogens is 538 g/mol. The summed E-state index contributed by atoms with van der Waals surface area (Å²) in [4.78, 5) is 54.1. The number of carbonyl (C=O) groups excluding carboxylic acids is 4. The molecule has 0 bridgehead atoms. The number of rotatable bonds is 7. The van der Waals surface area contributed by atoms with Gasteiger partial charge in [-0.25, -0.2) is 4.79 Å². The molecule has 3 aliphatic heterocycles. The summed E-state index contributed by atoms with van der Waals surface area (Å²) in [6, 6.07) is 6.58. The number of benzene rings is 1. The van der Waals surface area contributed by atoms with E-state index in [0.717, 1.165) is 30.7 Å². The standard InChI is InChI=1S/C31H41N5O6/c1-4-25-27-26(17-31(20-32-28(27)38)8-14-41-15-9-31)36(33-25)18-21(2)19-42-30(40)24-7-5-6-23(16-24)29(39)35-12-10-34(11-13-35)22(3)37/h5-7,16,21H,4,8-15,17-20H2,1-3H3,(H,32,38)/t21-/m1/s1. The van der Waals surface area contributed by atoms with Crippen LogP contribution in [-0.2, 0) is 33.7 Å². The van der Waals surface area contributed by atoms with E-state index in [0.29, 0.717) is 75.6 Å². The number of piperazine rings is 1. The first-order valence-corrected chi connectivity index (χ1v) is 15.0.